The Labute approximate surface area is 162 Å². The minimum atomic E-state index is -0.981. The molecule has 0 aromatic carbocycles. The van der Waals surface area contributed by atoms with Crippen LogP contribution in [0.4, 0.5) is 8.78 Å². The SMILES string of the molecule is C=CC1CCC(C2CCC(CO/C(CC)=C(F)/C(F)=C(\C)OC)CC2)OC1. The molecule has 2 atom stereocenters. The molecular weight excluding hydrogens is 350 g/mol. The van der Waals surface area contributed by atoms with Crippen molar-refractivity contribution in [3.05, 3.63) is 35.8 Å². The van der Waals surface area contributed by atoms with Crippen LogP contribution in [0.2, 0.25) is 0 Å². The smallest absolute Gasteiger partial charge is 0.199 e. The first-order chi connectivity index (χ1) is 13.0. The molecule has 0 bridgehead atoms. The van der Waals surface area contributed by atoms with Crippen LogP contribution in [-0.2, 0) is 14.2 Å². The van der Waals surface area contributed by atoms with Gasteiger partial charge in [-0.25, -0.2) is 0 Å². The van der Waals surface area contributed by atoms with Crippen molar-refractivity contribution in [2.24, 2.45) is 17.8 Å². The van der Waals surface area contributed by atoms with Crippen molar-refractivity contribution >= 4 is 0 Å². The molecule has 1 aliphatic heterocycles. The lowest BCUT2D eigenvalue weighted by Crippen LogP contribution is -2.34. The highest BCUT2D eigenvalue weighted by Gasteiger charge is 2.31. The van der Waals surface area contributed by atoms with Crippen LogP contribution in [0.5, 0.6) is 0 Å². The zero-order valence-electron chi connectivity index (χ0n) is 16.9. The van der Waals surface area contributed by atoms with E-state index in [4.69, 9.17) is 14.2 Å². The molecule has 1 heterocycles. The fraction of sp³-hybridized carbons (Fsp3) is 0.727. The van der Waals surface area contributed by atoms with Gasteiger partial charge in [0.1, 0.15) is 11.5 Å². The van der Waals surface area contributed by atoms with Gasteiger partial charge in [0.25, 0.3) is 0 Å². The lowest BCUT2D eigenvalue weighted by Gasteiger charge is -2.37. The number of rotatable bonds is 8. The molecule has 1 saturated heterocycles. The van der Waals surface area contributed by atoms with E-state index >= 15 is 0 Å². The first kappa shape index (κ1) is 21.9. The maximum atomic E-state index is 14.2. The van der Waals surface area contributed by atoms with Gasteiger partial charge in [0, 0.05) is 12.3 Å². The molecule has 2 rings (SSSR count). The van der Waals surface area contributed by atoms with Crippen molar-refractivity contribution < 1.29 is 23.0 Å². The highest BCUT2D eigenvalue weighted by atomic mass is 19.2. The van der Waals surface area contributed by atoms with Gasteiger partial charge in [-0.2, -0.15) is 8.78 Å². The molecule has 1 saturated carbocycles. The summed E-state index contributed by atoms with van der Waals surface area (Å²) in [6.45, 7) is 8.24. The van der Waals surface area contributed by atoms with Crippen LogP contribution in [-0.4, -0.2) is 26.4 Å². The molecule has 2 aliphatic rings. The van der Waals surface area contributed by atoms with Crippen molar-refractivity contribution in [1.82, 2.24) is 0 Å². The average Bonchev–Trinajstić information content (AvgIpc) is 2.73. The Morgan fingerprint density at radius 3 is 2.33 bits per heavy atom. The molecular formula is C22H34F2O3. The van der Waals surface area contributed by atoms with E-state index < -0.39 is 11.7 Å². The van der Waals surface area contributed by atoms with E-state index in [9.17, 15) is 8.78 Å². The van der Waals surface area contributed by atoms with Crippen LogP contribution < -0.4 is 0 Å². The third kappa shape index (κ3) is 6.06. The average molecular weight is 385 g/mol. The molecule has 27 heavy (non-hydrogen) atoms. The van der Waals surface area contributed by atoms with Gasteiger partial charge in [-0.05, 0) is 57.3 Å². The normalized spacial score (nSPS) is 30.9. The first-order valence-corrected chi connectivity index (χ1v) is 10.2. The molecule has 0 N–H and O–H groups in total. The molecule has 0 amide bonds. The molecule has 1 aliphatic carbocycles. The van der Waals surface area contributed by atoms with Crippen molar-refractivity contribution in [3.8, 4) is 0 Å². The summed E-state index contributed by atoms with van der Waals surface area (Å²) < 4.78 is 44.6. The van der Waals surface area contributed by atoms with Crippen LogP contribution in [0.3, 0.4) is 0 Å². The molecule has 2 fully saturated rings. The van der Waals surface area contributed by atoms with Gasteiger partial charge in [0.15, 0.2) is 11.7 Å². The molecule has 3 nitrogen and oxygen atoms in total. The third-order valence-electron chi connectivity index (χ3n) is 5.96. The van der Waals surface area contributed by atoms with E-state index in [1.54, 1.807) is 6.92 Å². The number of allylic oxidation sites excluding steroid dienone is 4. The second kappa shape index (κ2) is 10.8. The second-order valence-electron chi connectivity index (χ2n) is 7.70. The summed E-state index contributed by atoms with van der Waals surface area (Å²) in [7, 11) is 1.32. The van der Waals surface area contributed by atoms with Gasteiger partial charge in [0.2, 0.25) is 0 Å². The van der Waals surface area contributed by atoms with Gasteiger partial charge in [0.05, 0.1) is 26.4 Å². The number of methoxy groups -OCH3 is 1. The van der Waals surface area contributed by atoms with E-state index in [1.165, 1.54) is 20.5 Å². The Bertz CT molecular complexity index is 540. The lowest BCUT2D eigenvalue weighted by atomic mass is 9.77. The van der Waals surface area contributed by atoms with Crippen LogP contribution in [0.15, 0.2) is 35.8 Å². The molecule has 5 heteroatoms. The van der Waals surface area contributed by atoms with Gasteiger partial charge >= 0.3 is 0 Å². The predicted molar refractivity (Wildman–Crippen MR) is 103 cm³/mol. The topological polar surface area (TPSA) is 27.7 Å². The fourth-order valence-corrected chi connectivity index (χ4v) is 3.98. The van der Waals surface area contributed by atoms with Crippen LogP contribution in [0.1, 0.15) is 58.8 Å². The Balaban J connectivity index is 1.80. The highest BCUT2D eigenvalue weighted by Crippen LogP contribution is 2.36. The van der Waals surface area contributed by atoms with Gasteiger partial charge in [-0.15, -0.1) is 6.58 Å². The Morgan fingerprint density at radius 1 is 1.11 bits per heavy atom. The summed E-state index contributed by atoms with van der Waals surface area (Å²) in [6.07, 6.45) is 9.27. The largest absolute Gasteiger partial charge is 0.498 e. The number of halogens is 2. The fourth-order valence-electron chi connectivity index (χ4n) is 3.98. The molecule has 0 aromatic rings. The standard InChI is InChI=1S/C22H34F2O3/c1-5-16-9-12-20(27-13-16)18-10-7-17(8-11-18)14-26-19(6-2)22(24)21(23)15(3)25-4/h5,16-18,20H,1,6-14H2,2-4H3/b21-15-,22-19-. The maximum Gasteiger partial charge on any atom is 0.199 e. The minimum absolute atomic E-state index is 0.0668. The molecule has 0 radical (unpaired) electrons. The van der Waals surface area contributed by atoms with Crippen molar-refractivity contribution in [3.63, 3.8) is 0 Å². The summed E-state index contributed by atoms with van der Waals surface area (Å²) in [4.78, 5) is 0. The van der Waals surface area contributed by atoms with E-state index in [-0.39, 0.29) is 11.5 Å². The quantitative estimate of drug-likeness (QED) is 0.282. The summed E-state index contributed by atoms with van der Waals surface area (Å²) in [6, 6.07) is 0. The van der Waals surface area contributed by atoms with Gasteiger partial charge < -0.3 is 14.2 Å². The van der Waals surface area contributed by atoms with E-state index in [2.05, 4.69) is 6.58 Å². The number of hydrogen-bond acceptors (Lipinski definition) is 3. The zero-order valence-corrected chi connectivity index (χ0v) is 16.9. The molecule has 0 aromatic heterocycles. The molecule has 2 unspecified atom stereocenters. The van der Waals surface area contributed by atoms with Crippen LogP contribution in [0, 0.1) is 17.8 Å². The Morgan fingerprint density at radius 2 is 1.81 bits per heavy atom. The molecule has 154 valence electrons. The predicted octanol–water partition coefficient (Wildman–Crippen LogP) is 6.23. The Hall–Kier alpha value is -1.36. The maximum absolute atomic E-state index is 14.2. The highest BCUT2D eigenvalue weighted by molar-refractivity contribution is 5.24. The number of hydrogen-bond donors (Lipinski definition) is 0. The van der Waals surface area contributed by atoms with Crippen molar-refractivity contribution in [1.29, 1.82) is 0 Å². The lowest BCUT2D eigenvalue weighted by molar-refractivity contribution is -0.0512. The van der Waals surface area contributed by atoms with Crippen molar-refractivity contribution in [2.75, 3.05) is 20.3 Å². The van der Waals surface area contributed by atoms with E-state index in [0.717, 1.165) is 38.7 Å². The van der Waals surface area contributed by atoms with Crippen LogP contribution in [0.25, 0.3) is 0 Å². The van der Waals surface area contributed by atoms with Gasteiger partial charge in [-0.1, -0.05) is 13.0 Å². The van der Waals surface area contributed by atoms with E-state index in [0.29, 0.717) is 36.9 Å². The number of ether oxygens (including phenoxy) is 3. The molecule has 0 spiro atoms. The summed E-state index contributed by atoms with van der Waals surface area (Å²) in [5.74, 6) is -0.448. The minimum Gasteiger partial charge on any atom is -0.498 e. The summed E-state index contributed by atoms with van der Waals surface area (Å²) in [5, 5.41) is 0. The summed E-state index contributed by atoms with van der Waals surface area (Å²) >= 11 is 0. The van der Waals surface area contributed by atoms with Crippen molar-refractivity contribution in [2.45, 2.75) is 64.9 Å². The third-order valence-corrected chi connectivity index (χ3v) is 5.96. The van der Waals surface area contributed by atoms with E-state index in [1.807, 2.05) is 6.08 Å². The van der Waals surface area contributed by atoms with Gasteiger partial charge in [-0.3, -0.25) is 0 Å². The summed E-state index contributed by atoms with van der Waals surface area (Å²) in [5.41, 5.74) is 0. The van der Waals surface area contributed by atoms with Crippen LogP contribution >= 0.6 is 0 Å². The second-order valence-corrected chi connectivity index (χ2v) is 7.70. The monoisotopic (exact) mass is 384 g/mol. The first-order valence-electron chi connectivity index (χ1n) is 10.2. The Kier molecular flexibility index (Phi) is 8.81. The zero-order chi connectivity index (χ0) is 19.8.